The average molecular weight is 399 g/mol. The summed E-state index contributed by atoms with van der Waals surface area (Å²) in [5, 5.41) is 13.4. The Bertz CT molecular complexity index is 841. The number of hydrogen-bond donors (Lipinski definition) is 2. The molecule has 0 radical (unpaired) electrons. The standard InChI is InChI=1S/C23H27ClN2O2/c24-22-10-4-3-9-19(22)20-12-21(20)23(28)25-13-16-6-1-2-7-17(16)14-26-11-5-8-18(26)15-27/h1-4,6-7,9-10,18,20-21,27H,5,8,11-15H2,(H,25,28)/t18-,20+,21-/m1/s1. The number of aliphatic hydroxyl groups excluding tert-OH is 1. The predicted octanol–water partition coefficient (Wildman–Crippen LogP) is 3.72. The topological polar surface area (TPSA) is 52.6 Å². The van der Waals surface area contributed by atoms with Gasteiger partial charge in [-0.15, -0.1) is 0 Å². The molecule has 0 aromatic heterocycles. The number of benzene rings is 2. The lowest BCUT2D eigenvalue weighted by Crippen LogP contribution is -2.32. The van der Waals surface area contributed by atoms with Crippen LogP contribution < -0.4 is 5.32 Å². The minimum Gasteiger partial charge on any atom is -0.395 e. The molecule has 4 rings (SSSR count). The molecule has 2 fully saturated rings. The van der Waals surface area contributed by atoms with Gasteiger partial charge < -0.3 is 10.4 Å². The Balaban J connectivity index is 1.35. The van der Waals surface area contributed by atoms with Crippen molar-refractivity contribution in [2.75, 3.05) is 13.2 Å². The molecule has 1 heterocycles. The van der Waals surface area contributed by atoms with E-state index < -0.39 is 0 Å². The molecule has 1 amide bonds. The summed E-state index contributed by atoms with van der Waals surface area (Å²) in [6, 6.07) is 16.3. The Labute approximate surface area is 171 Å². The van der Waals surface area contributed by atoms with Crippen LogP contribution in [0.5, 0.6) is 0 Å². The minimum atomic E-state index is 0.0180. The summed E-state index contributed by atoms with van der Waals surface area (Å²) in [6.07, 6.45) is 3.05. The molecule has 1 saturated heterocycles. The highest BCUT2D eigenvalue weighted by atomic mass is 35.5. The van der Waals surface area contributed by atoms with Crippen LogP contribution in [0.15, 0.2) is 48.5 Å². The van der Waals surface area contributed by atoms with Crippen LogP contribution in [0, 0.1) is 5.92 Å². The first-order chi connectivity index (χ1) is 13.7. The van der Waals surface area contributed by atoms with Crippen LogP contribution in [0.25, 0.3) is 0 Å². The van der Waals surface area contributed by atoms with Gasteiger partial charge in [0.1, 0.15) is 0 Å². The van der Waals surface area contributed by atoms with E-state index in [0.29, 0.717) is 6.54 Å². The van der Waals surface area contributed by atoms with Crippen molar-refractivity contribution >= 4 is 17.5 Å². The SMILES string of the molecule is O=C(NCc1ccccc1CN1CCC[C@@H]1CO)[C@@H]1C[C@H]1c1ccccc1Cl. The number of carbonyl (C=O) groups excluding carboxylic acids is 1. The molecule has 3 atom stereocenters. The molecule has 1 saturated carbocycles. The minimum absolute atomic E-state index is 0.0180. The number of nitrogens with zero attached hydrogens (tertiary/aromatic N) is 1. The fourth-order valence-corrected chi connectivity index (χ4v) is 4.61. The highest BCUT2D eigenvalue weighted by Gasteiger charge is 2.44. The number of carbonyl (C=O) groups is 1. The van der Waals surface area contributed by atoms with Crippen molar-refractivity contribution in [2.45, 2.75) is 44.3 Å². The van der Waals surface area contributed by atoms with Gasteiger partial charge in [0, 0.05) is 30.1 Å². The summed E-state index contributed by atoms with van der Waals surface area (Å²) < 4.78 is 0. The van der Waals surface area contributed by atoms with Crippen LogP contribution in [0.3, 0.4) is 0 Å². The van der Waals surface area contributed by atoms with E-state index in [1.807, 2.05) is 36.4 Å². The first-order valence-corrected chi connectivity index (χ1v) is 10.5. The normalized spacial score (nSPS) is 24.3. The van der Waals surface area contributed by atoms with Crippen LogP contribution in [-0.4, -0.2) is 35.1 Å². The maximum atomic E-state index is 12.6. The van der Waals surface area contributed by atoms with Crippen LogP contribution in [0.4, 0.5) is 0 Å². The fourth-order valence-electron chi connectivity index (χ4n) is 4.33. The smallest absolute Gasteiger partial charge is 0.224 e. The van der Waals surface area contributed by atoms with E-state index in [9.17, 15) is 9.90 Å². The molecule has 1 aliphatic carbocycles. The molecule has 4 nitrogen and oxygen atoms in total. The number of hydrogen-bond acceptors (Lipinski definition) is 3. The third-order valence-corrected chi connectivity index (χ3v) is 6.43. The van der Waals surface area contributed by atoms with Crippen molar-refractivity contribution < 1.29 is 9.90 Å². The quantitative estimate of drug-likeness (QED) is 0.747. The first kappa shape index (κ1) is 19.4. The lowest BCUT2D eigenvalue weighted by atomic mass is 10.1. The van der Waals surface area contributed by atoms with E-state index in [2.05, 4.69) is 22.3 Å². The van der Waals surface area contributed by atoms with Gasteiger partial charge in [-0.3, -0.25) is 9.69 Å². The highest BCUT2D eigenvalue weighted by molar-refractivity contribution is 6.31. The van der Waals surface area contributed by atoms with Crippen molar-refractivity contribution in [1.29, 1.82) is 0 Å². The fraction of sp³-hybridized carbons (Fsp3) is 0.435. The molecular weight excluding hydrogens is 372 g/mol. The van der Waals surface area contributed by atoms with Crippen molar-refractivity contribution in [3.05, 3.63) is 70.2 Å². The van der Waals surface area contributed by atoms with E-state index in [4.69, 9.17) is 11.6 Å². The number of rotatable bonds is 7. The summed E-state index contributed by atoms with van der Waals surface area (Å²) in [7, 11) is 0. The highest BCUT2D eigenvalue weighted by Crippen LogP contribution is 2.49. The molecule has 2 aromatic carbocycles. The number of amides is 1. The molecule has 28 heavy (non-hydrogen) atoms. The molecule has 2 aromatic rings. The molecule has 148 valence electrons. The molecular formula is C23H27ClN2O2. The Morgan fingerprint density at radius 1 is 1.14 bits per heavy atom. The number of halogens is 1. The predicted molar refractivity (Wildman–Crippen MR) is 111 cm³/mol. The maximum absolute atomic E-state index is 12.6. The van der Waals surface area contributed by atoms with E-state index in [0.717, 1.165) is 48.5 Å². The van der Waals surface area contributed by atoms with Crippen molar-refractivity contribution in [3.8, 4) is 0 Å². The van der Waals surface area contributed by atoms with E-state index in [1.54, 1.807) is 0 Å². The number of aliphatic hydroxyl groups is 1. The Hall–Kier alpha value is -1.88. The summed E-state index contributed by atoms with van der Waals surface area (Å²) in [6.45, 7) is 2.60. The van der Waals surface area contributed by atoms with Crippen LogP contribution >= 0.6 is 11.6 Å². The van der Waals surface area contributed by atoms with Gasteiger partial charge in [-0.25, -0.2) is 0 Å². The zero-order valence-corrected chi connectivity index (χ0v) is 16.7. The molecule has 0 unspecified atom stereocenters. The molecule has 2 N–H and O–H groups in total. The first-order valence-electron chi connectivity index (χ1n) is 10.1. The van der Waals surface area contributed by atoms with E-state index in [1.165, 1.54) is 5.56 Å². The third kappa shape index (κ3) is 4.24. The second kappa shape index (κ2) is 8.64. The Morgan fingerprint density at radius 3 is 2.68 bits per heavy atom. The van der Waals surface area contributed by atoms with Crippen molar-refractivity contribution in [3.63, 3.8) is 0 Å². The van der Waals surface area contributed by atoms with Crippen LogP contribution in [0.2, 0.25) is 5.02 Å². The van der Waals surface area contributed by atoms with Gasteiger partial charge in [0.2, 0.25) is 5.91 Å². The van der Waals surface area contributed by atoms with Crippen LogP contribution in [-0.2, 0) is 17.9 Å². The number of likely N-dealkylation sites (tertiary alicyclic amines) is 1. The van der Waals surface area contributed by atoms with E-state index >= 15 is 0 Å². The molecule has 2 aliphatic rings. The summed E-state index contributed by atoms with van der Waals surface area (Å²) in [5.74, 6) is 0.359. The molecule has 0 spiro atoms. The monoisotopic (exact) mass is 398 g/mol. The number of nitrogens with one attached hydrogen (secondary N) is 1. The van der Waals surface area contributed by atoms with Gasteiger partial charge in [0.25, 0.3) is 0 Å². The van der Waals surface area contributed by atoms with Gasteiger partial charge in [0.05, 0.1) is 6.61 Å². The second-order valence-corrected chi connectivity index (χ2v) is 8.31. The van der Waals surface area contributed by atoms with Crippen molar-refractivity contribution in [1.82, 2.24) is 10.2 Å². The molecule has 5 heteroatoms. The summed E-state index contributed by atoms with van der Waals surface area (Å²) in [5.41, 5.74) is 3.45. The summed E-state index contributed by atoms with van der Waals surface area (Å²) in [4.78, 5) is 15.0. The maximum Gasteiger partial charge on any atom is 0.224 e. The third-order valence-electron chi connectivity index (χ3n) is 6.09. The lowest BCUT2D eigenvalue weighted by Gasteiger charge is -2.24. The Kier molecular flexibility index (Phi) is 6.00. The second-order valence-electron chi connectivity index (χ2n) is 7.91. The zero-order valence-electron chi connectivity index (χ0n) is 16.0. The Morgan fingerprint density at radius 2 is 1.89 bits per heavy atom. The van der Waals surface area contributed by atoms with Gasteiger partial charge in [0.15, 0.2) is 0 Å². The molecule has 0 bridgehead atoms. The average Bonchev–Trinajstić information content (AvgIpc) is 3.38. The summed E-state index contributed by atoms with van der Waals surface area (Å²) >= 11 is 6.27. The van der Waals surface area contributed by atoms with Crippen LogP contribution in [0.1, 0.15) is 41.9 Å². The van der Waals surface area contributed by atoms with Crippen molar-refractivity contribution in [2.24, 2.45) is 5.92 Å². The van der Waals surface area contributed by atoms with Gasteiger partial charge >= 0.3 is 0 Å². The van der Waals surface area contributed by atoms with Gasteiger partial charge in [-0.2, -0.15) is 0 Å². The van der Waals surface area contributed by atoms with Gasteiger partial charge in [-0.1, -0.05) is 54.1 Å². The van der Waals surface area contributed by atoms with E-state index in [-0.39, 0.29) is 30.4 Å². The van der Waals surface area contributed by atoms with Gasteiger partial charge in [-0.05, 0) is 54.5 Å². The molecule has 1 aliphatic heterocycles. The zero-order chi connectivity index (χ0) is 19.5. The largest absolute Gasteiger partial charge is 0.395 e. The lowest BCUT2D eigenvalue weighted by molar-refractivity contribution is -0.122.